The highest BCUT2D eigenvalue weighted by molar-refractivity contribution is 8.02. The zero-order chi connectivity index (χ0) is 11.7. The topological polar surface area (TPSA) is 17.1 Å². The fourth-order valence-corrected chi connectivity index (χ4v) is 4.09. The average molecular weight is 262 g/mol. The molecule has 0 aromatic carbocycles. The van der Waals surface area contributed by atoms with Gasteiger partial charge in [-0.25, -0.2) is 0 Å². The van der Waals surface area contributed by atoms with Gasteiger partial charge in [0.2, 0.25) is 0 Å². The van der Waals surface area contributed by atoms with E-state index in [-0.39, 0.29) is 0 Å². The predicted molar refractivity (Wildman–Crippen MR) is 76.1 cm³/mol. The quantitative estimate of drug-likeness (QED) is 0.617. The van der Waals surface area contributed by atoms with E-state index in [1.165, 1.54) is 11.1 Å². The minimum absolute atomic E-state index is 0.320. The van der Waals surface area contributed by atoms with Gasteiger partial charge in [-0.05, 0) is 41.2 Å². The third kappa shape index (κ3) is 2.18. The van der Waals surface area contributed by atoms with Crippen LogP contribution in [-0.2, 0) is 4.79 Å². The Morgan fingerprint density at radius 2 is 1.41 bits per heavy atom. The van der Waals surface area contributed by atoms with Crippen molar-refractivity contribution in [3.05, 3.63) is 45.3 Å². The van der Waals surface area contributed by atoms with Crippen LogP contribution in [0.1, 0.15) is 19.3 Å². The van der Waals surface area contributed by atoms with Gasteiger partial charge < -0.3 is 0 Å². The molecule has 0 amide bonds. The predicted octanol–water partition coefficient (Wildman–Crippen LogP) is 3.85. The number of carbonyl (C=O) groups is 1. The van der Waals surface area contributed by atoms with E-state index in [0.717, 1.165) is 41.9 Å². The Kier molecular flexibility index (Phi) is 3.30. The van der Waals surface area contributed by atoms with Crippen molar-refractivity contribution < 1.29 is 4.79 Å². The van der Waals surface area contributed by atoms with Crippen LogP contribution >= 0.6 is 23.5 Å². The van der Waals surface area contributed by atoms with Gasteiger partial charge in [-0.3, -0.25) is 4.79 Å². The molecule has 1 aliphatic carbocycles. The standard InChI is InChI=1S/C14H14OS2/c15-14-12(10-4-6-16-8-10)2-1-3-13(14)11-5-7-17-9-11/h4-7H,1-3,8-9H2. The van der Waals surface area contributed by atoms with Crippen molar-refractivity contribution in [3.8, 4) is 0 Å². The largest absolute Gasteiger partial charge is 0.289 e. The maximum Gasteiger partial charge on any atom is 0.185 e. The summed E-state index contributed by atoms with van der Waals surface area (Å²) in [6.07, 6.45) is 7.29. The highest BCUT2D eigenvalue weighted by Crippen LogP contribution is 2.35. The van der Waals surface area contributed by atoms with Gasteiger partial charge in [0.25, 0.3) is 0 Å². The molecule has 0 atom stereocenters. The lowest BCUT2D eigenvalue weighted by Crippen LogP contribution is -2.16. The molecule has 0 saturated heterocycles. The Morgan fingerprint density at radius 3 is 1.82 bits per heavy atom. The molecule has 3 heteroatoms. The van der Waals surface area contributed by atoms with Crippen LogP contribution in [-0.4, -0.2) is 17.3 Å². The number of hydrogen-bond donors (Lipinski definition) is 0. The van der Waals surface area contributed by atoms with E-state index in [2.05, 4.69) is 23.0 Å². The molecule has 1 nitrogen and oxygen atoms in total. The first-order valence-corrected chi connectivity index (χ1v) is 8.01. The summed E-state index contributed by atoms with van der Waals surface area (Å²) in [5, 5.41) is 4.20. The summed E-state index contributed by atoms with van der Waals surface area (Å²) in [5.74, 6) is 2.28. The highest BCUT2D eigenvalue weighted by Gasteiger charge is 2.26. The first-order chi connectivity index (χ1) is 8.36. The fourth-order valence-electron chi connectivity index (χ4n) is 2.47. The summed E-state index contributed by atoms with van der Waals surface area (Å²) >= 11 is 3.57. The van der Waals surface area contributed by atoms with E-state index in [1.54, 1.807) is 23.5 Å². The average Bonchev–Trinajstić information content (AvgIpc) is 3.02. The van der Waals surface area contributed by atoms with Crippen LogP contribution in [0, 0.1) is 0 Å². The SMILES string of the molecule is O=C1C(=C2C=CSC2)CCCC1=C1C=CSC1. The summed E-state index contributed by atoms with van der Waals surface area (Å²) < 4.78 is 0. The van der Waals surface area contributed by atoms with Crippen LogP contribution < -0.4 is 0 Å². The van der Waals surface area contributed by atoms with E-state index in [4.69, 9.17) is 0 Å². The van der Waals surface area contributed by atoms with Crippen molar-refractivity contribution >= 4 is 29.3 Å². The van der Waals surface area contributed by atoms with E-state index < -0.39 is 0 Å². The van der Waals surface area contributed by atoms with E-state index >= 15 is 0 Å². The molecule has 1 fully saturated rings. The van der Waals surface area contributed by atoms with Gasteiger partial charge >= 0.3 is 0 Å². The van der Waals surface area contributed by atoms with Crippen LogP contribution in [0.4, 0.5) is 0 Å². The van der Waals surface area contributed by atoms with Crippen LogP contribution in [0.2, 0.25) is 0 Å². The number of hydrogen-bond acceptors (Lipinski definition) is 3. The molecule has 3 aliphatic rings. The van der Waals surface area contributed by atoms with Gasteiger partial charge in [0, 0.05) is 22.7 Å². The van der Waals surface area contributed by atoms with Gasteiger partial charge in [-0.2, -0.15) is 0 Å². The molecule has 1 saturated carbocycles. The molecule has 2 aliphatic heterocycles. The van der Waals surface area contributed by atoms with Gasteiger partial charge in [0.05, 0.1) is 0 Å². The lowest BCUT2D eigenvalue weighted by molar-refractivity contribution is -0.113. The second kappa shape index (κ2) is 4.91. The lowest BCUT2D eigenvalue weighted by Gasteiger charge is -2.19. The monoisotopic (exact) mass is 262 g/mol. The van der Waals surface area contributed by atoms with Gasteiger partial charge in [0.1, 0.15) is 0 Å². The summed E-state index contributed by atoms with van der Waals surface area (Å²) in [7, 11) is 0. The summed E-state index contributed by atoms with van der Waals surface area (Å²) in [4.78, 5) is 12.5. The van der Waals surface area contributed by atoms with Crippen molar-refractivity contribution in [1.82, 2.24) is 0 Å². The fraction of sp³-hybridized carbons (Fsp3) is 0.357. The lowest BCUT2D eigenvalue weighted by atomic mass is 9.84. The molecular weight excluding hydrogens is 248 g/mol. The first-order valence-electron chi connectivity index (χ1n) is 5.91. The number of rotatable bonds is 0. The van der Waals surface area contributed by atoms with Crippen LogP contribution in [0.3, 0.4) is 0 Å². The minimum atomic E-state index is 0.320. The number of thioether (sulfide) groups is 2. The molecule has 0 radical (unpaired) electrons. The Hall–Kier alpha value is -0.670. The molecule has 88 valence electrons. The van der Waals surface area contributed by atoms with Gasteiger partial charge in [-0.1, -0.05) is 12.2 Å². The molecule has 0 aromatic heterocycles. The van der Waals surface area contributed by atoms with Crippen molar-refractivity contribution in [2.75, 3.05) is 11.5 Å². The molecule has 17 heavy (non-hydrogen) atoms. The molecule has 3 rings (SSSR count). The Labute approximate surface area is 110 Å². The zero-order valence-corrected chi connectivity index (χ0v) is 11.2. The van der Waals surface area contributed by atoms with E-state index in [9.17, 15) is 4.79 Å². The maximum atomic E-state index is 12.5. The third-order valence-corrected chi connectivity index (χ3v) is 5.00. The Bertz CT molecular complexity index is 438. The number of Topliss-reactive ketones (excluding diaryl/α,β-unsaturated/α-hetero) is 1. The van der Waals surface area contributed by atoms with E-state index in [1.807, 2.05) is 0 Å². The summed E-state index contributed by atoms with van der Waals surface area (Å²) in [6.45, 7) is 0. The van der Waals surface area contributed by atoms with Crippen molar-refractivity contribution in [2.45, 2.75) is 19.3 Å². The summed E-state index contributed by atoms with van der Waals surface area (Å²) in [5.41, 5.74) is 4.66. The molecule has 0 spiro atoms. The van der Waals surface area contributed by atoms with Crippen LogP contribution in [0.5, 0.6) is 0 Å². The molecule has 0 bridgehead atoms. The van der Waals surface area contributed by atoms with Crippen LogP contribution in [0.25, 0.3) is 0 Å². The molecule has 0 unspecified atom stereocenters. The van der Waals surface area contributed by atoms with Crippen molar-refractivity contribution in [3.63, 3.8) is 0 Å². The smallest absolute Gasteiger partial charge is 0.185 e. The van der Waals surface area contributed by atoms with Crippen molar-refractivity contribution in [1.29, 1.82) is 0 Å². The first kappa shape index (κ1) is 11.4. The Morgan fingerprint density at radius 1 is 0.882 bits per heavy atom. The highest BCUT2D eigenvalue weighted by atomic mass is 32.2. The molecular formula is C14H14OS2. The van der Waals surface area contributed by atoms with Crippen molar-refractivity contribution in [2.24, 2.45) is 0 Å². The number of carbonyl (C=O) groups excluding carboxylic acids is 1. The second-order valence-corrected chi connectivity index (χ2v) is 6.21. The normalized spacial score (nSPS) is 32.8. The minimum Gasteiger partial charge on any atom is -0.289 e. The second-order valence-electron chi connectivity index (χ2n) is 4.42. The van der Waals surface area contributed by atoms with Gasteiger partial charge in [-0.15, -0.1) is 23.5 Å². The molecule has 2 heterocycles. The molecule has 0 aromatic rings. The van der Waals surface area contributed by atoms with Gasteiger partial charge in [0.15, 0.2) is 5.78 Å². The van der Waals surface area contributed by atoms with E-state index in [0.29, 0.717) is 5.78 Å². The Balaban J connectivity index is 1.97. The number of ketones is 1. The summed E-state index contributed by atoms with van der Waals surface area (Å²) in [6, 6.07) is 0. The number of allylic oxidation sites excluding steroid dienone is 4. The third-order valence-electron chi connectivity index (χ3n) is 3.39. The van der Waals surface area contributed by atoms with Crippen LogP contribution in [0.15, 0.2) is 45.3 Å². The maximum absolute atomic E-state index is 12.5. The molecule has 0 N–H and O–H groups in total. The zero-order valence-electron chi connectivity index (χ0n) is 9.57.